The molecule has 1 aromatic heterocycles. The van der Waals surface area contributed by atoms with Crippen molar-refractivity contribution in [1.29, 1.82) is 0 Å². The smallest absolute Gasteiger partial charge is 0.216 e. The van der Waals surface area contributed by atoms with Gasteiger partial charge >= 0.3 is 0 Å². The molecule has 0 unspecified atom stereocenters. The number of imidazole rings is 1. The summed E-state index contributed by atoms with van der Waals surface area (Å²) < 4.78 is 8.40. The second-order valence-corrected chi connectivity index (χ2v) is 7.80. The van der Waals surface area contributed by atoms with Crippen LogP contribution >= 0.6 is 0 Å². The molecule has 1 N–H and O–H groups in total. The van der Waals surface area contributed by atoms with Crippen molar-refractivity contribution >= 4 is 16.9 Å². The minimum absolute atomic E-state index is 0.0137. The maximum Gasteiger partial charge on any atom is 0.216 e. The van der Waals surface area contributed by atoms with Gasteiger partial charge in [0.15, 0.2) is 0 Å². The number of amides is 1. The number of aromatic nitrogens is 2. The summed E-state index contributed by atoms with van der Waals surface area (Å²) in [6, 6.07) is 14.6. The minimum atomic E-state index is -0.0137. The molecule has 0 saturated heterocycles. The van der Waals surface area contributed by atoms with E-state index in [1.807, 2.05) is 18.2 Å². The second kappa shape index (κ2) is 9.59. The van der Waals surface area contributed by atoms with E-state index in [0.717, 1.165) is 35.6 Å². The second-order valence-electron chi connectivity index (χ2n) is 7.80. The summed E-state index contributed by atoms with van der Waals surface area (Å²) in [5.74, 6) is 2.41. The van der Waals surface area contributed by atoms with E-state index in [0.29, 0.717) is 25.5 Å². The molecule has 29 heavy (non-hydrogen) atoms. The van der Waals surface area contributed by atoms with Gasteiger partial charge in [-0.15, -0.1) is 0 Å². The zero-order valence-corrected chi connectivity index (χ0v) is 17.9. The van der Waals surface area contributed by atoms with E-state index in [1.54, 1.807) is 0 Å². The van der Waals surface area contributed by atoms with Crippen molar-refractivity contribution in [3.05, 3.63) is 59.4 Å². The molecular weight excluding hydrogens is 362 g/mol. The van der Waals surface area contributed by atoms with Crippen molar-refractivity contribution in [2.45, 2.75) is 53.0 Å². The van der Waals surface area contributed by atoms with Crippen LogP contribution in [0.5, 0.6) is 5.75 Å². The first-order valence-corrected chi connectivity index (χ1v) is 10.4. The molecule has 5 nitrogen and oxygen atoms in total. The van der Waals surface area contributed by atoms with Crippen molar-refractivity contribution in [3.8, 4) is 5.75 Å². The molecule has 0 fully saturated rings. The Kier molecular flexibility index (Phi) is 6.91. The molecule has 3 rings (SSSR count). The van der Waals surface area contributed by atoms with Gasteiger partial charge in [0, 0.05) is 26.4 Å². The highest BCUT2D eigenvalue weighted by Gasteiger charge is 2.11. The third-order valence-electron chi connectivity index (χ3n) is 5.03. The highest BCUT2D eigenvalue weighted by atomic mass is 16.5. The Hall–Kier alpha value is -2.82. The van der Waals surface area contributed by atoms with Crippen molar-refractivity contribution in [2.24, 2.45) is 0 Å². The Morgan fingerprint density at radius 2 is 2.00 bits per heavy atom. The van der Waals surface area contributed by atoms with Gasteiger partial charge in [0.1, 0.15) is 11.6 Å². The lowest BCUT2D eigenvalue weighted by atomic mass is 10.0. The largest absolute Gasteiger partial charge is 0.493 e. The summed E-state index contributed by atoms with van der Waals surface area (Å²) in [6.07, 6.45) is 1.60. The molecule has 0 radical (unpaired) electrons. The van der Waals surface area contributed by atoms with Crippen molar-refractivity contribution in [1.82, 2.24) is 14.9 Å². The summed E-state index contributed by atoms with van der Waals surface area (Å²) in [6.45, 7) is 10.1. The van der Waals surface area contributed by atoms with Gasteiger partial charge in [-0.05, 0) is 48.6 Å². The normalized spacial score (nSPS) is 11.2. The quantitative estimate of drug-likeness (QED) is 0.540. The number of fused-ring (bicyclic) bond motifs is 1. The van der Waals surface area contributed by atoms with Crippen LogP contribution in [0.15, 0.2) is 42.5 Å². The number of rotatable bonds is 9. The molecule has 0 aliphatic heterocycles. The number of carbonyl (C=O) groups excluding carboxylic acids is 1. The average molecular weight is 394 g/mol. The van der Waals surface area contributed by atoms with Gasteiger partial charge in [-0.25, -0.2) is 4.98 Å². The SMILES string of the molecule is CC(=O)NCCc1nc2ccccc2n1CCCOc1cc(C)ccc1C(C)C. The predicted molar refractivity (Wildman–Crippen MR) is 118 cm³/mol. The van der Waals surface area contributed by atoms with Crippen molar-refractivity contribution in [3.63, 3.8) is 0 Å². The van der Waals surface area contributed by atoms with E-state index in [4.69, 9.17) is 9.72 Å². The number of hydrogen-bond acceptors (Lipinski definition) is 3. The molecule has 3 aromatic rings. The molecule has 5 heteroatoms. The van der Waals surface area contributed by atoms with Crippen molar-refractivity contribution < 1.29 is 9.53 Å². The van der Waals surface area contributed by atoms with E-state index in [9.17, 15) is 4.79 Å². The van der Waals surface area contributed by atoms with Crippen LogP contribution < -0.4 is 10.1 Å². The Labute approximate surface area is 173 Å². The Balaban J connectivity index is 1.67. The number of nitrogens with one attached hydrogen (secondary N) is 1. The van der Waals surface area contributed by atoms with Crippen molar-refractivity contribution in [2.75, 3.05) is 13.2 Å². The molecular formula is C24H31N3O2. The molecule has 2 aromatic carbocycles. The fraction of sp³-hybridized carbons (Fsp3) is 0.417. The van der Waals surface area contributed by atoms with Gasteiger partial charge in [-0.3, -0.25) is 4.79 Å². The number of benzene rings is 2. The number of para-hydroxylation sites is 2. The highest BCUT2D eigenvalue weighted by molar-refractivity contribution is 5.76. The van der Waals surface area contributed by atoms with Gasteiger partial charge < -0.3 is 14.6 Å². The summed E-state index contributed by atoms with van der Waals surface area (Å²) in [4.78, 5) is 15.9. The van der Waals surface area contributed by atoms with Crippen LogP contribution in [-0.2, 0) is 17.8 Å². The lowest BCUT2D eigenvalue weighted by Gasteiger charge is -2.15. The maximum absolute atomic E-state index is 11.2. The number of ether oxygens (including phenoxy) is 1. The number of aryl methyl sites for hydroxylation is 2. The van der Waals surface area contributed by atoms with E-state index < -0.39 is 0 Å². The fourth-order valence-corrected chi connectivity index (χ4v) is 3.56. The van der Waals surface area contributed by atoms with E-state index >= 15 is 0 Å². The maximum atomic E-state index is 11.2. The monoisotopic (exact) mass is 393 g/mol. The molecule has 1 amide bonds. The van der Waals surface area contributed by atoms with E-state index in [-0.39, 0.29) is 5.91 Å². The first-order chi connectivity index (χ1) is 14.0. The zero-order valence-electron chi connectivity index (χ0n) is 17.9. The third-order valence-corrected chi connectivity index (χ3v) is 5.03. The minimum Gasteiger partial charge on any atom is -0.493 e. The summed E-state index contributed by atoms with van der Waals surface area (Å²) in [7, 11) is 0. The van der Waals surface area contributed by atoms with Crippen LogP contribution in [0.4, 0.5) is 0 Å². The van der Waals surface area contributed by atoms with Crippen LogP contribution in [0.1, 0.15) is 50.1 Å². The van der Waals surface area contributed by atoms with Gasteiger partial charge in [0.05, 0.1) is 17.6 Å². The van der Waals surface area contributed by atoms with Crippen LogP contribution in [-0.4, -0.2) is 28.6 Å². The summed E-state index contributed by atoms with van der Waals surface area (Å²) >= 11 is 0. The van der Waals surface area contributed by atoms with Gasteiger partial charge in [-0.1, -0.05) is 38.1 Å². The average Bonchev–Trinajstić information content (AvgIpc) is 3.02. The van der Waals surface area contributed by atoms with Crippen LogP contribution in [0.25, 0.3) is 11.0 Å². The van der Waals surface area contributed by atoms with E-state index in [2.05, 4.69) is 54.9 Å². The van der Waals surface area contributed by atoms with Gasteiger partial charge in [-0.2, -0.15) is 0 Å². The van der Waals surface area contributed by atoms with E-state index in [1.165, 1.54) is 18.1 Å². The molecule has 0 bridgehead atoms. The van der Waals surface area contributed by atoms with Crippen LogP contribution in [0, 0.1) is 6.92 Å². The standard InChI is InChI=1S/C24H31N3O2/c1-17(2)20-11-10-18(3)16-23(20)29-15-7-14-27-22-9-6-5-8-21(22)26-24(27)12-13-25-19(4)28/h5-6,8-11,16-17H,7,12-15H2,1-4H3,(H,25,28). The van der Waals surface area contributed by atoms with Crippen LogP contribution in [0.3, 0.4) is 0 Å². The number of hydrogen-bond donors (Lipinski definition) is 1. The highest BCUT2D eigenvalue weighted by Crippen LogP contribution is 2.27. The molecule has 0 saturated carbocycles. The lowest BCUT2D eigenvalue weighted by Crippen LogP contribution is -2.23. The lowest BCUT2D eigenvalue weighted by molar-refractivity contribution is -0.118. The number of nitrogens with zero attached hydrogens (tertiary/aromatic N) is 2. The fourth-order valence-electron chi connectivity index (χ4n) is 3.56. The van der Waals surface area contributed by atoms with Crippen LogP contribution in [0.2, 0.25) is 0 Å². The summed E-state index contributed by atoms with van der Waals surface area (Å²) in [5.41, 5.74) is 4.58. The third kappa shape index (κ3) is 5.37. The van der Waals surface area contributed by atoms with Gasteiger partial charge in [0.25, 0.3) is 0 Å². The Morgan fingerprint density at radius 3 is 2.76 bits per heavy atom. The molecule has 1 heterocycles. The van der Waals surface area contributed by atoms with Gasteiger partial charge in [0.2, 0.25) is 5.91 Å². The zero-order chi connectivity index (χ0) is 20.8. The Bertz CT molecular complexity index is 975. The summed E-state index contributed by atoms with van der Waals surface area (Å²) in [5, 5.41) is 2.86. The molecule has 0 spiro atoms. The number of carbonyl (C=O) groups is 1. The molecule has 0 atom stereocenters. The molecule has 0 aliphatic rings. The Morgan fingerprint density at radius 1 is 1.21 bits per heavy atom. The predicted octanol–water partition coefficient (Wildman–Crippen LogP) is 4.62. The molecule has 154 valence electrons. The first-order valence-electron chi connectivity index (χ1n) is 10.4. The topological polar surface area (TPSA) is 56.2 Å². The first kappa shape index (κ1) is 20.9. The molecule has 0 aliphatic carbocycles.